The van der Waals surface area contributed by atoms with Crippen LogP contribution in [-0.2, 0) is 22.4 Å². The van der Waals surface area contributed by atoms with E-state index in [1.807, 2.05) is 121 Å². The average molecular weight is 457 g/mol. The molecule has 0 spiro atoms. The minimum Gasteiger partial charge on any atom is -0.294 e. The Balaban J connectivity index is 1.78. The second-order valence-corrected chi connectivity index (χ2v) is 8.62. The summed E-state index contributed by atoms with van der Waals surface area (Å²) in [6.07, 6.45) is 7.35. The molecule has 0 unspecified atom stereocenters. The summed E-state index contributed by atoms with van der Waals surface area (Å²) in [5, 5.41) is 0. The van der Waals surface area contributed by atoms with Crippen LogP contribution in [0.2, 0.25) is 0 Å². The molecule has 4 aromatic rings. The molecule has 0 atom stereocenters. The Morgan fingerprint density at radius 1 is 0.486 bits per heavy atom. The van der Waals surface area contributed by atoms with Gasteiger partial charge in [0.25, 0.3) is 0 Å². The first-order valence-corrected chi connectivity index (χ1v) is 11.8. The van der Waals surface area contributed by atoms with Crippen molar-refractivity contribution in [2.24, 2.45) is 5.41 Å². The molecule has 0 aliphatic carbocycles. The maximum absolute atomic E-state index is 14.0. The van der Waals surface area contributed by atoms with Gasteiger partial charge in [-0.2, -0.15) is 0 Å². The monoisotopic (exact) mass is 456 g/mol. The lowest BCUT2D eigenvalue weighted by Crippen LogP contribution is -2.42. The molecule has 0 amide bonds. The molecule has 0 aliphatic heterocycles. The molecule has 2 nitrogen and oxygen atoms in total. The third-order valence-corrected chi connectivity index (χ3v) is 6.09. The van der Waals surface area contributed by atoms with Crippen LogP contribution in [0.5, 0.6) is 0 Å². The third-order valence-electron chi connectivity index (χ3n) is 6.09. The van der Waals surface area contributed by atoms with Gasteiger partial charge in [0.15, 0.2) is 11.6 Å². The molecule has 35 heavy (non-hydrogen) atoms. The van der Waals surface area contributed by atoms with Gasteiger partial charge in [0.1, 0.15) is 5.41 Å². The SMILES string of the molecule is O=C(/C=C/c1ccccc1)C(Cc1ccccc1)(Cc1ccccc1)C(=O)/C=C/c1ccccc1. The third kappa shape index (κ3) is 6.39. The van der Waals surface area contributed by atoms with Gasteiger partial charge in [-0.1, -0.05) is 133 Å². The van der Waals surface area contributed by atoms with Gasteiger partial charge in [-0.05, 0) is 47.2 Å². The number of hydrogen-bond acceptors (Lipinski definition) is 2. The van der Waals surface area contributed by atoms with Crippen molar-refractivity contribution in [2.45, 2.75) is 12.8 Å². The predicted molar refractivity (Wildman–Crippen MR) is 144 cm³/mol. The fraction of sp³-hybridized carbons (Fsp3) is 0.0909. The number of rotatable bonds is 10. The van der Waals surface area contributed by atoms with Gasteiger partial charge in [0, 0.05) is 0 Å². The fourth-order valence-electron chi connectivity index (χ4n) is 4.21. The first-order chi connectivity index (χ1) is 17.2. The topological polar surface area (TPSA) is 34.1 Å². The highest BCUT2D eigenvalue weighted by atomic mass is 16.2. The number of carbonyl (C=O) groups excluding carboxylic acids is 2. The maximum Gasteiger partial charge on any atom is 0.170 e. The summed E-state index contributed by atoms with van der Waals surface area (Å²) in [4.78, 5) is 27.9. The lowest BCUT2D eigenvalue weighted by Gasteiger charge is -2.29. The average Bonchev–Trinajstić information content (AvgIpc) is 2.92. The largest absolute Gasteiger partial charge is 0.294 e. The van der Waals surface area contributed by atoms with Crippen LogP contribution in [0, 0.1) is 5.41 Å². The molecule has 172 valence electrons. The number of ketones is 2. The standard InChI is InChI=1S/C33H28O2/c34-31(23-21-27-13-5-1-6-14-27)33(25-29-17-9-3-10-18-29,26-30-19-11-4-12-20-30)32(35)24-22-28-15-7-2-8-16-28/h1-24H,25-26H2/b23-21+,24-22+. The number of hydrogen-bond donors (Lipinski definition) is 0. The van der Waals surface area contributed by atoms with Gasteiger partial charge < -0.3 is 0 Å². The van der Waals surface area contributed by atoms with Crippen LogP contribution in [0.3, 0.4) is 0 Å². The van der Waals surface area contributed by atoms with Crippen LogP contribution in [0.25, 0.3) is 12.2 Å². The summed E-state index contributed by atoms with van der Waals surface area (Å²) in [6.45, 7) is 0. The molecule has 0 heterocycles. The molecule has 0 aliphatic rings. The van der Waals surface area contributed by atoms with E-state index in [2.05, 4.69) is 0 Å². The van der Waals surface area contributed by atoms with Gasteiger partial charge in [0.2, 0.25) is 0 Å². The minimum atomic E-state index is -1.26. The molecular formula is C33H28O2. The highest BCUT2D eigenvalue weighted by molar-refractivity contribution is 6.17. The fourth-order valence-corrected chi connectivity index (χ4v) is 4.21. The van der Waals surface area contributed by atoms with Crippen LogP contribution < -0.4 is 0 Å². The van der Waals surface area contributed by atoms with Crippen molar-refractivity contribution in [3.05, 3.63) is 156 Å². The van der Waals surface area contributed by atoms with Gasteiger partial charge in [0.05, 0.1) is 0 Å². The van der Waals surface area contributed by atoms with Gasteiger partial charge in [-0.15, -0.1) is 0 Å². The molecule has 0 saturated heterocycles. The van der Waals surface area contributed by atoms with Gasteiger partial charge in [-0.25, -0.2) is 0 Å². The van der Waals surface area contributed by atoms with E-state index >= 15 is 0 Å². The summed E-state index contributed by atoms with van der Waals surface area (Å²) in [5.74, 6) is -0.395. The summed E-state index contributed by atoms with van der Waals surface area (Å²) in [6, 6.07) is 38.9. The quantitative estimate of drug-likeness (QED) is 0.190. The lowest BCUT2D eigenvalue weighted by molar-refractivity contribution is -0.135. The Hall–Kier alpha value is -4.30. The zero-order valence-corrected chi connectivity index (χ0v) is 19.6. The Morgan fingerprint density at radius 3 is 1.14 bits per heavy atom. The van der Waals surface area contributed by atoms with Crippen LogP contribution >= 0.6 is 0 Å². The van der Waals surface area contributed by atoms with Gasteiger partial charge >= 0.3 is 0 Å². The predicted octanol–water partition coefficient (Wildman–Crippen LogP) is 7.02. The van der Waals surface area contributed by atoms with Crippen molar-refractivity contribution < 1.29 is 9.59 Å². The van der Waals surface area contributed by atoms with Crippen molar-refractivity contribution in [1.82, 2.24) is 0 Å². The van der Waals surface area contributed by atoms with Crippen LogP contribution in [0.15, 0.2) is 133 Å². The first-order valence-electron chi connectivity index (χ1n) is 11.8. The summed E-state index contributed by atoms with van der Waals surface area (Å²) in [7, 11) is 0. The van der Waals surface area contributed by atoms with Gasteiger partial charge in [-0.3, -0.25) is 9.59 Å². The minimum absolute atomic E-state index is 0.197. The number of carbonyl (C=O) groups is 2. The molecule has 4 aromatic carbocycles. The molecule has 0 saturated carbocycles. The Labute approximate surface area is 207 Å². The molecular weight excluding hydrogens is 428 g/mol. The molecule has 0 radical (unpaired) electrons. The summed E-state index contributed by atoms with van der Waals surface area (Å²) < 4.78 is 0. The van der Waals surface area contributed by atoms with E-state index in [0.717, 1.165) is 22.3 Å². The number of benzene rings is 4. The molecule has 4 rings (SSSR count). The highest BCUT2D eigenvalue weighted by Crippen LogP contribution is 2.32. The molecule has 0 fully saturated rings. The van der Waals surface area contributed by atoms with E-state index < -0.39 is 5.41 Å². The molecule has 0 bridgehead atoms. The van der Waals surface area contributed by atoms with Crippen molar-refractivity contribution in [2.75, 3.05) is 0 Å². The second kappa shape index (κ2) is 11.7. The Kier molecular flexibility index (Phi) is 7.98. The van der Waals surface area contributed by atoms with Crippen LogP contribution in [0.1, 0.15) is 22.3 Å². The van der Waals surface area contributed by atoms with Crippen molar-refractivity contribution in [1.29, 1.82) is 0 Å². The second-order valence-electron chi connectivity index (χ2n) is 8.62. The van der Waals surface area contributed by atoms with Crippen molar-refractivity contribution in [3.63, 3.8) is 0 Å². The van der Waals surface area contributed by atoms with Crippen LogP contribution in [0.4, 0.5) is 0 Å². The smallest absolute Gasteiger partial charge is 0.170 e. The summed E-state index contributed by atoms with van der Waals surface area (Å²) in [5.41, 5.74) is 2.47. The Bertz CT molecular complexity index is 1180. The normalized spacial score (nSPS) is 11.7. The van der Waals surface area contributed by atoms with E-state index in [0.29, 0.717) is 12.8 Å². The summed E-state index contributed by atoms with van der Waals surface area (Å²) >= 11 is 0. The maximum atomic E-state index is 14.0. The van der Waals surface area contributed by atoms with E-state index in [4.69, 9.17) is 0 Å². The highest BCUT2D eigenvalue weighted by Gasteiger charge is 2.43. The molecule has 0 aromatic heterocycles. The molecule has 2 heteroatoms. The van der Waals surface area contributed by atoms with E-state index in [-0.39, 0.29) is 11.6 Å². The van der Waals surface area contributed by atoms with E-state index in [1.165, 1.54) is 0 Å². The molecule has 0 N–H and O–H groups in total. The zero-order valence-electron chi connectivity index (χ0n) is 19.6. The lowest BCUT2D eigenvalue weighted by atomic mass is 9.69. The van der Waals surface area contributed by atoms with Crippen molar-refractivity contribution in [3.8, 4) is 0 Å². The zero-order chi connectivity index (χ0) is 24.3. The van der Waals surface area contributed by atoms with Crippen molar-refractivity contribution >= 4 is 23.7 Å². The first kappa shape index (κ1) is 23.8. The van der Waals surface area contributed by atoms with E-state index in [1.54, 1.807) is 24.3 Å². The van der Waals surface area contributed by atoms with Crippen LogP contribution in [-0.4, -0.2) is 11.6 Å². The van der Waals surface area contributed by atoms with E-state index in [9.17, 15) is 9.59 Å². The number of allylic oxidation sites excluding steroid dienone is 2. The Morgan fingerprint density at radius 2 is 0.800 bits per heavy atom.